The number of piperazine rings is 1. The van der Waals surface area contributed by atoms with Gasteiger partial charge in [0.1, 0.15) is 23.7 Å². The zero-order valence-electron chi connectivity index (χ0n) is 15.3. The molecule has 1 aliphatic heterocycles. The van der Waals surface area contributed by atoms with Crippen molar-refractivity contribution in [3.05, 3.63) is 42.5 Å². The van der Waals surface area contributed by atoms with Crippen LogP contribution in [0.4, 0.5) is 11.6 Å². The molecular weight excluding hydrogens is 328 g/mol. The van der Waals surface area contributed by atoms with Crippen LogP contribution >= 0.6 is 0 Å². The van der Waals surface area contributed by atoms with Crippen LogP contribution in [-0.4, -0.2) is 53.6 Å². The number of pyridine rings is 1. The molecular formula is C19H26N6O. The van der Waals surface area contributed by atoms with Crippen LogP contribution in [0.2, 0.25) is 0 Å². The first-order valence-corrected chi connectivity index (χ1v) is 9.29. The van der Waals surface area contributed by atoms with Gasteiger partial charge in [-0.3, -0.25) is 4.79 Å². The summed E-state index contributed by atoms with van der Waals surface area (Å²) in [6, 6.07) is 7.74. The van der Waals surface area contributed by atoms with Gasteiger partial charge in [0.25, 0.3) is 5.91 Å². The van der Waals surface area contributed by atoms with Crippen molar-refractivity contribution >= 4 is 17.5 Å². The fourth-order valence-corrected chi connectivity index (χ4v) is 3.02. The van der Waals surface area contributed by atoms with E-state index in [1.807, 2.05) is 24.4 Å². The molecule has 1 saturated heterocycles. The first-order valence-electron chi connectivity index (χ1n) is 9.29. The van der Waals surface area contributed by atoms with Crippen molar-refractivity contribution in [3.8, 4) is 0 Å². The molecule has 1 fully saturated rings. The lowest BCUT2D eigenvalue weighted by Crippen LogP contribution is -2.47. The number of rotatable bonds is 7. The summed E-state index contributed by atoms with van der Waals surface area (Å²) < 4.78 is 0. The first-order chi connectivity index (χ1) is 12.8. The second kappa shape index (κ2) is 9.12. The van der Waals surface area contributed by atoms with Crippen LogP contribution in [0.25, 0.3) is 0 Å². The Labute approximate surface area is 154 Å². The third-order valence-electron chi connectivity index (χ3n) is 4.53. The minimum absolute atomic E-state index is 0.128. The molecule has 138 valence electrons. The fraction of sp³-hybridized carbons (Fsp3) is 0.474. The molecule has 0 bridgehead atoms. The Hall–Kier alpha value is -2.70. The first kappa shape index (κ1) is 18.1. The number of nitrogens with zero attached hydrogens (tertiary/aromatic N) is 5. The molecule has 7 heteroatoms. The van der Waals surface area contributed by atoms with E-state index in [4.69, 9.17) is 0 Å². The van der Waals surface area contributed by atoms with Crippen LogP contribution in [0.1, 0.15) is 36.7 Å². The van der Waals surface area contributed by atoms with Gasteiger partial charge >= 0.3 is 0 Å². The smallest absolute Gasteiger partial charge is 0.270 e. The molecule has 1 aliphatic rings. The molecule has 0 radical (unpaired) electrons. The van der Waals surface area contributed by atoms with E-state index in [0.717, 1.165) is 57.1 Å². The zero-order valence-corrected chi connectivity index (χ0v) is 15.3. The lowest BCUT2D eigenvalue weighted by atomic mass is 10.2. The molecule has 0 atom stereocenters. The summed E-state index contributed by atoms with van der Waals surface area (Å²) >= 11 is 0. The number of unbranched alkanes of at least 4 members (excludes halogenated alkanes) is 2. The lowest BCUT2D eigenvalue weighted by molar-refractivity contribution is 0.0948. The van der Waals surface area contributed by atoms with Crippen LogP contribution in [0.3, 0.4) is 0 Å². The van der Waals surface area contributed by atoms with E-state index < -0.39 is 0 Å². The van der Waals surface area contributed by atoms with Crippen molar-refractivity contribution in [3.63, 3.8) is 0 Å². The number of carbonyl (C=O) groups is 1. The van der Waals surface area contributed by atoms with Crippen LogP contribution in [0.15, 0.2) is 36.8 Å². The Morgan fingerprint density at radius 3 is 2.50 bits per heavy atom. The van der Waals surface area contributed by atoms with Gasteiger partial charge in [-0.05, 0) is 18.6 Å². The van der Waals surface area contributed by atoms with Gasteiger partial charge in [0.15, 0.2) is 0 Å². The van der Waals surface area contributed by atoms with Gasteiger partial charge in [-0.2, -0.15) is 0 Å². The highest BCUT2D eigenvalue weighted by Gasteiger charge is 2.20. The summed E-state index contributed by atoms with van der Waals surface area (Å²) in [5, 5.41) is 2.93. The second-order valence-corrected chi connectivity index (χ2v) is 6.39. The number of hydrogen-bond acceptors (Lipinski definition) is 6. The van der Waals surface area contributed by atoms with Gasteiger partial charge in [-0.25, -0.2) is 15.0 Å². The third kappa shape index (κ3) is 4.68. The van der Waals surface area contributed by atoms with E-state index in [1.54, 1.807) is 6.07 Å². The summed E-state index contributed by atoms with van der Waals surface area (Å²) in [7, 11) is 0. The number of anilines is 2. The van der Waals surface area contributed by atoms with Crippen molar-refractivity contribution in [2.45, 2.75) is 26.2 Å². The van der Waals surface area contributed by atoms with Gasteiger partial charge in [0, 0.05) is 45.0 Å². The summed E-state index contributed by atoms with van der Waals surface area (Å²) in [5.74, 6) is 1.68. The number of carbonyl (C=O) groups excluding carboxylic acids is 1. The standard InChI is InChI=1S/C19H26N6O/c1-2-3-5-9-21-19(26)16-14-18(23-15-22-16)25-12-10-24(11-13-25)17-7-4-6-8-20-17/h4,6-8,14-15H,2-3,5,9-13H2,1H3,(H,21,26). The minimum atomic E-state index is -0.128. The maximum atomic E-state index is 12.2. The van der Waals surface area contributed by atoms with Gasteiger partial charge < -0.3 is 15.1 Å². The quantitative estimate of drug-likeness (QED) is 0.768. The minimum Gasteiger partial charge on any atom is -0.353 e. The van der Waals surface area contributed by atoms with Crippen molar-refractivity contribution < 1.29 is 4.79 Å². The van der Waals surface area contributed by atoms with Crippen molar-refractivity contribution in [2.24, 2.45) is 0 Å². The Morgan fingerprint density at radius 2 is 1.81 bits per heavy atom. The normalized spacial score (nSPS) is 14.3. The third-order valence-corrected chi connectivity index (χ3v) is 4.53. The number of nitrogens with one attached hydrogen (secondary N) is 1. The maximum Gasteiger partial charge on any atom is 0.270 e. The average molecular weight is 354 g/mol. The molecule has 0 aliphatic carbocycles. The summed E-state index contributed by atoms with van der Waals surface area (Å²) in [5.41, 5.74) is 0.429. The highest BCUT2D eigenvalue weighted by Crippen LogP contribution is 2.17. The van der Waals surface area contributed by atoms with Crippen molar-refractivity contribution in [1.29, 1.82) is 0 Å². The van der Waals surface area contributed by atoms with Gasteiger partial charge in [-0.1, -0.05) is 25.8 Å². The SMILES string of the molecule is CCCCCNC(=O)c1cc(N2CCN(c3ccccn3)CC2)ncn1. The van der Waals surface area contributed by atoms with E-state index in [-0.39, 0.29) is 5.91 Å². The zero-order chi connectivity index (χ0) is 18.2. The number of aromatic nitrogens is 3. The lowest BCUT2D eigenvalue weighted by Gasteiger charge is -2.36. The monoisotopic (exact) mass is 354 g/mol. The van der Waals surface area contributed by atoms with Crippen LogP contribution in [0.5, 0.6) is 0 Å². The Balaban J connectivity index is 1.56. The molecule has 0 saturated carbocycles. The average Bonchev–Trinajstić information content (AvgIpc) is 2.72. The molecule has 0 unspecified atom stereocenters. The summed E-state index contributed by atoms with van der Waals surface area (Å²) in [4.78, 5) is 29.6. The van der Waals surface area contributed by atoms with E-state index in [0.29, 0.717) is 12.2 Å². The van der Waals surface area contributed by atoms with E-state index in [1.165, 1.54) is 6.33 Å². The topological polar surface area (TPSA) is 74.2 Å². The largest absolute Gasteiger partial charge is 0.353 e. The van der Waals surface area contributed by atoms with Gasteiger partial charge in [0.2, 0.25) is 0 Å². The summed E-state index contributed by atoms with van der Waals surface area (Å²) in [6.45, 7) is 6.26. The number of amides is 1. The molecule has 3 rings (SSSR count). The van der Waals surface area contributed by atoms with E-state index in [9.17, 15) is 4.79 Å². The van der Waals surface area contributed by atoms with Gasteiger partial charge in [-0.15, -0.1) is 0 Å². The highest BCUT2D eigenvalue weighted by molar-refractivity contribution is 5.92. The number of hydrogen-bond donors (Lipinski definition) is 1. The predicted octanol–water partition coefficient (Wildman–Crippen LogP) is 2.12. The van der Waals surface area contributed by atoms with Crippen LogP contribution in [0, 0.1) is 0 Å². The Bertz CT molecular complexity index is 700. The van der Waals surface area contributed by atoms with E-state index in [2.05, 4.69) is 37.0 Å². The molecule has 3 heterocycles. The van der Waals surface area contributed by atoms with E-state index >= 15 is 0 Å². The van der Waals surface area contributed by atoms with Crippen LogP contribution < -0.4 is 15.1 Å². The Morgan fingerprint density at radius 1 is 1.04 bits per heavy atom. The highest BCUT2D eigenvalue weighted by atomic mass is 16.1. The molecule has 1 amide bonds. The molecule has 0 spiro atoms. The molecule has 7 nitrogen and oxygen atoms in total. The predicted molar refractivity (Wildman–Crippen MR) is 103 cm³/mol. The Kier molecular flexibility index (Phi) is 6.35. The molecule has 2 aromatic rings. The molecule has 2 aromatic heterocycles. The fourth-order valence-electron chi connectivity index (χ4n) is 3.02. The molecule has 26 heavy (non-hydrogen) atoms. The van der Waals surface area contributed by atoms with Crippen LogP contribution in [-0.2, 0) is 0 Å². The van der Waals surface area contributed by atoms with Gasteiger partial charge in [0.05, 0.1) is 0 Å². The maximum absolute atomic E-state index is 12.2. The van der Waals surface area contributed by atoms with Crippen molar-refractivity contribution in [1.82, 2.24) is 20.3 Å². The summed E-state index contributed by atoms with van der Waals surface area (Å²) in [6.07, 6.45) is 6.54. The molecule has 0 aromatic carbocycles. The van der Waals surface area contributed by atoms with Crippen molar-refractivity contribution in [2.75, 3.05) is 42.5 Å². The molecule has 1 N–H and O–H groups in total. The second-order valence-electron chi connectivity index (χ2n) is 6.39.